The standard InChI is InChI=1S/C30H31N5O5/c1-17(38-2)27(34-30(37)39-3)29(36)35-13-5-7-24(35)28-32-16-23(33-28)19-9-11-21-20-10-8-18(22-6-4-12-31-22)14-25(20)40-26(21)15-19/h4,6,8-12,14-17,24,27,31H,5,7,13H2,1-3H3,(H,32,33)(H,34,37)/t17-,24+,27+/m1/s1. The van der Waals surface area contributed by atoms with Crippen molar-refractivity contribution in [2.24, 2.45) is 0 Å². The molecule has 1 fully saturated rings. The molecular weight excluding hydrogens is 510 g/mol. The molecule has 10 heteroatoms. The van der Waals surface area contributed by atoms with Crippen LogP contribution in [0.15, 0.2) is 65.3 Å². The van der Waals surface area contributed by atoms with Crippen LogP contribution in [0.25, 0.3) is 44.5 Å². The van der Waals surface area contributed by atoms with Crippen molar-refractivity contribution < 1.29 is 23.5 Å². The number of rotatable bonds is 7. The van der Waals surface area contributed by atoms with Crippen LogP contribution in [0.5, 0.6) is 0 Å². The smallest absolute Gasteiger partial charge is 0.407 e. The normalized spacial score (nSPS) is 16.9. The van der Waals surface area contributed by atoms with Gasteiger partial charge in [-0.3, -0.25) is 4.79 Å². The molecule has 1 aliphatic heterocycles. The van der Waals surface area contributed by atoms with Crippen molar-refractivity contribution in [3.05, 3.63) is 66.7 Å². The summed E-state index contributed by atoms with van der Waals surface area (Å²) in [5.41, 5.74) is 5.48. The number of hydrogen-bond donors (Lipinski definition) is 3. The van der Waals surface area contributed by atoms with Crippen molar-refractivity contribution in [1.29, 1.82) is 0 Å². The quantitative estimate of drug-likeness (QED) is 0.254. The Labute approximate surface area is 230 Å². The highest BCUT2D eigenvalue weighted by atomic mass is 16.5. The lowest BCUT2D eigenvalue weighted by Crippen LogP contribution is -2.54. The molecule has 5 aromatic rings. The summed E-state index contributed by atoms with van der Waals surface area (Å²) in [5, 5.41) is 4.72. The van der Waals surface area contributed by atoms with Crippen LogP contribution < -0.4 is 5.32 Å². The van der Waals surface area contributed by atoms with E-state index >= 15 is 0 Å². The maximum absolute atomic E-state index is 13.5. The highest BCUT2D eigenvalue weighted by Crippen LogP contribution is 2.36. The molecule has 4 heterocycles. The Kier molecular flexibility index (Phi) is 6.77. The van der Waals surface area contributed by atoms with Crippen molar-refractivity contribution in [3.63, 3.8) is 0 Å². The van der Waals surface area contributed by atoms with Crippen LogP contribution >= 0.6 is 0 Å². The third-order valence-corrected chi connectivity index (χ3v) is 7.71. The lowest BCUT2D eigenvalue weighted by atomic mass is 10.1. The zero-order valence-electron chi connectivity index (χ0n) is 22.6. The number of nitrogens with zero attached hydrogens (tertiary/aromatic N) is 2. The van der Waals surface area contributed by atoms with Crippen LogP contribution in [-0.4, -0.2) is 64.8 Å². The van der Waals surface area contributed by atoms with Gasteiger partial charge in [0.2, 0.25) is 5.91 Å². The molecule has 6 rings (SSSR count). The number of hydrogen-bond acceptors (Lipinski definition) is 6. The lowest BCUT2D eigenvalue weighted by Gasteiger charge is -2.30. The third-order valence-electron chi connectivity index (χ3n) is 7.71. The number of carbonyl (C=O) groups is 2. The maximum Gasteiger partial charge on any atom is 0.407 e. The Balaban J connectivity index is 1.26. The second kappa shape index (κ2) is 10.5. The molecule has 2 amide bonds. The number of H-pyrrole nitrogens is 2. The van der Waals surface area contributed by atoms with Crippen LogP contribution in [0.4, 0.5) is 4.79 Å². The summed E-state index contributed by atoms with van der Waals surface area (Å²) in [6, 6.07) is 15.2. The van der Waals surface area contributed by atoms with Gasteiger partial charge in [-0.2, -0.15) is 0 Å². The molecule has 0 aliphatic carbocycles. The zero-order chi connectivity index (χ0) is 27.8. The number of nitrogens with one attached hydrogen (secondary N) is 3. The Hall–Kier alpha value is -4.57. The largest absolute Gasteiger partial charge is 0.456 e. The first-order valence-electron chi connectivity index (χ1n) is 13.3. The van der Waals surface area contributed by atoms with E-state index in [2.05, 4.69) is 38.5 Å². The molecule has 1 saturated heterocycles. The summed E-state index contributed by atoms with van der Waals surface area (Å²) >= 11 is 0. The van der Waals surface area contributed by atoms with Gasteiger partial charge >= 0.3 is 6.09 Å². The lowest BCUT2D eigenvalue weighted by molar-refractivity contribution is -0.137. The van der Waals surface area contributed by atoms with E-state index in [1.54, 1.807) is 18.0 Å². The second-order valence-electron chi connectivity index (χ2n) is 10.0. The van der Waals surface area contributed by atoms with E-state index < -0.39 is 18.2 Å². The van der Waals surface area contributed by atoms with Gasteiger partial charge in [0.05, 0.1) is 31.1 Å². The van der Waals surface area contributed by atoms with Crippen LogP contribution in [0, 0.1) is 0 Å². The summed E-state index contributed by atoms with van der Waals surface area (Å²) < 4.78 is 16.3. The van der Waals surface area contributed by atoms with Crippen molar-refractivity contribution in [2.45, 2.75) is 38.0 Å². The molecule has 3 atom stereocenters. The minimum absolute atomic E-state index is 0.234. The van der Waals surface area contributed by atoms with E-state index in [4.69, 9.17) is 13.9 Å². The third kappa shape index (κ3) is 4.60. The summed E-state index contributed by atoms with van der Waals surface area (Å²) in [4.78, 5) is 38.5. The Morgan fingerprint density at radius 1 is 1.07 bits per heavy atom. The fraction of sp³-hybridized carbons (Fsp3) is 0.300. The fourth-order valence-corrected chi connectivity index (χ4v) is 5.47. The molecule has 40 heavy (non-hydrogen) atoms. The van der Waals surface area contributed by atoms with Crippen molar-refractivity contribution in [1.82, 2.24) is 25.2 Å². The second-order valence-corrected chi connectivity index (χ2v) is 10.0. The van der Waals surface area contributed by atoms with Crippen LogP contribution in [0.2, 0.25) is 0 Å². The number of imidazole rings is 1. The molecule has 3 N–H and O–H groups in total. The van der Waals surface area contributed by atoms with E-state index in [0.717, 1.165) is 57.3 Å². The SMILES string of the molecule is COC(=O)N[C@H](C(=O)N1CCC[C@H]1c1ncc(-c2ccc3c(c2)oc2cc(-c4ccc[nH]4)ccc23)[nH]1)[C@@H](C)OC. The highest BCUT2D eigenvalue weighted by Gasteiger charge is 2.38. The van der Waals surface area contributed by atoms with Gasteiger partial charge in [-0.1, -0.05) is 12.1 Å². The predicted octanol–water partition coefficient (Wildman–Crippen LogP) is 5.39. The predicted molar refractivity (Wildman–Crippen MR) is 151 cm³/mol. The first-order valence-corrected chi connectivity index (χ1v) is 13.3. The Bertz CT molecular complexity index is 1670. The van der Waals surface area contributed by atoms with Gasteiger partial charge in [-0.25, -0.2) is 9.78 Å². The summed E-state index contributed by atoms with van der Waals surface area (Å²) in [6.07, 6.45) is 4.06. The molecule has 0 radical (unpaired) electrons. The van der Waals surface area contributed by atoms with Gasteiger partial charge in [0, 0.05) is 47.4 Å². The number of benzene rings is 2. The topological polar surface area (TPSA) is 125 Å². The molecule has 2 aromatic carbocycles. The van der Waals surface area contributed by atoms with Crippen LogP contribution in [0.1, 0.15) is 31.6 Å². The fourth-order valence-electron chi connectivity index (χ4n) is 5.47. The van der Waals surface area contributed by atoms with Gasteiger partial charge in [0.1, 0.15) is 23.0 Å². The highest BCUT2D eigenvalue weighted by molar-refractivity contribution is 6.06. The van der Waals surface area contributed by atoms with Gasteiger partial charge in [-0.05, 0) is 56.2 Å². The van der Waals surface area contributed by atoms with Crippen molar-refractivity contribution >= 4 is 33.9 Å². The molecular formula is C30H31N5O5. The molecule has 10 nitrogen and oxygen atoms in total. The number of carbonyl (C=O) groups excluding carboxylic acids is 2. The van der Waals surface area contributed by atoms with E-state index in [-0.39, 0.29) is 11.9 Å². The molecule has 0 saturated carbocycles. The van der Waals surface area contributed by atoms with Gasteiger partial charge in [0.25, 0.3) is 0 Å². The number of likely N-dealkylation sites (tertiary alicyclic amines) is 1. The zero-order valence-corrected chi connectivity index (χ0v) is 22.6. The number of methoxy groups -OCH3 is 2. The molecule has 206 valence electrons. The number of amides is 2. The first-order chi connectivity index (χ1) is 19.5. The maximum atomic E-state index is 13.5. The average molecular weight is 542 g/mol. The van der Waals surface area contributed by atoms with Crippen LogP contribution in [-0.2, 0) is 14.3 Å². The number of ether oxygens (including phenoxy) is 2. The average Bonchev–Trinajstić information content (AvgIpc) is 3.79. The van der Waals surface area contributed by atoms with E-state index in [9.17, 15) is 9.59 Å². The molecule has 1 aliphatic rings. The Morgan fingerprint density at radius 2 is 1.80 bits per heavy atom. The molecule has 0 spiro atoms. The minimum Gasteiger partial charge on any atom is -0.456 e. The van der Waals surface area contributed by atoms with E-state index in [0.29, 0.717) is 12.4 Å². The monoisotopic (exact) mass is 541 g/mol. The van der Waals surface area contributed by atoms with Crippen molar-refractivity contribution in [3.8, 4) is 22.5 Å². The van der Waals surface area contributed by atoms with Crippen molar-refractivity contribution in [2.75, 3.05) is 20.8 Å². The first kappa shape index (κ1) is 25.7. The Morgan fingerprint density at radius 3 is 2.45 bits per heavy atom. The summed E-state index contributed by atoms with van der Waals surface area (Å²) in [6.45, 7) is 2.30. The molecule has 0 unspecified atom stereocenters. The van der Waals surface area contributed by atoms with Gasteiger partial charge in [0.15, 0.2) is 0 Å². The number of alkyl carbamates (subject to hydrolysis) is 1. The summed E-state index contributed by atoms with van der Waals surface area (Å²) in [5.74, 6) is 0.464. The van der Waals surface area contributed by atoms with E-state index in [1.165, 1.54) is 14.2 Å². The van der Waals surface area contributed by atoms with Gasteiger partial charge in [-0.15, -0.1) is 0 Å². The molecule has 0 bridgehead atoms. The minimum atomic E-state index is -0.875. The van der Waals surface area contributed by atoms with Crippen LogP contribution in [0.3, 0.4) is 0 Å². The number of aromatic amines is 2. The van der Waals surface area contributed by atoms with E-state index in [1.807, 2.05) is 36.5 Å². The van der Waals surface area contributed by atoms with Gasteiger partial charge < -0.3 is 34.1 Å². The molecule has 3 aromatic heterocycles. The number of fused-ring (bicyclic) bond motifs is 3. The summed E-state index contributed by atoms with van der Waals surface area (Å²) in [7, 11) is 2.77. The number of furan rings is 1. The number of aromatic nitrogens is 3.